The highest BCUT2D eigenvalue weighted by molar-refractivity contribution is 7.80. The Kier molecular flexibility index (Phi) is 6.20. The number of nitrogens with two attached hydrogens (primary N) is 1. The van der Waals surface area contributed by atoms with Crippen LogP contribution in [0.4, 0.5) is 11.4 Å². The van der Waals surface area contributed by atoms with Gasteiger partial charge in [-0.3, -0.25) is 4.21 Å². The summed E-state index contributed by atoms with van der Waals surface area (Å²) >= 11 is -2.18. The van der Waals surface area contributed by atoms with E-state index in [1.807, 2.05) is 38.1 Å². The lowest BCUT2D eigenvalue weighted by Gasteiger charge is -2.20. The highest BCUT2D eigenvalue weighted by Gasteiger charge is 1.98. The maximum atomic E-state index is 10.5. The molecular weight excluding hydrogens is 288 g/mol. The van der Waals surface area contributed by atoms with Crippen LogP contribution in [0.2, 0.25) is 0 Å². The first-order chi connectivity index (χ1) is 9.82. The van der Waals surface area contributed by atoms with Gasteiger partial charge in [-0.25, -0.2) is 0 Å². The monoisotopic (exact) mass is 307 g/mol. The van der Waals surface area contributed by atoms with Gasteiger partial charge < -0.3 is 19.7 Å². The van der Waals surface area contributed by atoms with Gasteiger partial charge in [0.2, 0.25) is 0 Å². The standard InChI is InChI=1S/C8H11NO2S.C7H9NO/c1-7-3-5-8(6-4-7)9(2)12(10)11;1-5-3-2-4-6(8)7(5)9/h3-6H,1-2H3,(H,10,11);2-4,9H,8H2,1H3/p-1. The Morgan fingerprint density at radius 3 is 2.14 bits per heavy atom. The lowest BCUT2D eigenvalue weighted by molar-refractivity contribution is 0.474. The van der Waals surface area contributed by atoms with Gasteiger partial charge in [0.15, 0.2) is 0 Å². The Morgan fingerprint density at radius 2 is 1.71 bits per heavy atom. The van der Waals surface area contributed by atoms with E-state index in [2.05, 4.69) is 0 Å². The molecule has 0 aliphatic carbocycles. The van der Waals surface area contributed by atoms with Gasteiger partial charge in [0.05, 0.1) is 5.69 Å². The molecule has 0 spiro atoms. The van der Waals surface area contributed by atoms with Crippen LogP contribution in [0.25, 0.3) is 0 Å². The largest absolute Gasteiger partial charge is 0.755 e. The van der Waals surface area contributed by atoms with Crippen molar-refractivity contribution in [3.63, 3.8) is 0 Å². The summed E-state index contributed by atoms with van der Waals surface area (Å²) in [6, 6.07) is 12.6. The minimum Gasteiger partial charge on any atom is -0.755 e. The van der Waals surface area contributed by atoms with Crippen molar-refractivity contribution in [3.8, 4) is 5.75 Å². The van der Waals surface area contributed by atoms with Crippen molar-refractivity contribution in [2.45, 2.75) is 13.8 Å². The SMILES string of the molecule is Cc1ccc(N(C)S(=O)[O-])cc1.Cc1cccc(N)c1O. The van der Waals surface area contributed by atoms with Crippen LogP contribution in [-0.4, -0.2) is 20.9 Å². The molecule has 0 aliphatic rings. The first-order valence-electron chi connectivity index (χ1n) is 6.26. The third kappa shape index (κ3) is 5.09. The molecule has 0 heterocycles. The number of aromatic hydroxyl groups is 1. The van der Waals surface area contributed by atoms with Crippen molar-refractivity contribution in [2.24, 2.45) is 0 Å². The number of nitrogens with zero attached hydrogens (tertiary/aromatic N) is 1. The Labute approximate surface area is 127 Å². The molecule has 6 heteroatoms. The van der Waals surface area contributed by atoms with Gasteiger partial charge in [0.1, 0.15) is 5.75 Å². The molecule has 21 heavy (non-hydrogen) atoms. The van der Waals surface area contributed by atoms with Gasteiger partial charge >= 0.3 is 0 Å². The second kappa shape index (κ2) is 7.66. The van der Waals surface area contributed by atoms with Crippen LogP contribution in [0.1, 0.15) is 11.1 Å². The van der Waals surface area contributed by atoms with Crippen LogP contribution in [0.3, 0.4) is 0 Å². The fourth-order valence-electron chi connectivity index (χ4n) is 1.52. The Bertz CT molecular complexity index is 595. The predicted octanol–water partition coefficient (Wildman–Crippen LogP) is 2.51. The third-order valence-corrected chi connectivity index (χ3v) is 3.55. The van der Waals surface area contributed by atoms with Crippen LogP contribution in [0.5, 0.6) is 5.75 Å². The molecule has 1 unspecified atom stereocenters. The molecule has 0 aromatic heterocycles. The summed E-state index contributed by atoms with van der Waals surface area (Å²) in [5.74, 6) is 0.192. The van der Waals surface area contributed by atoms with Crippen molar-refractivity contribution in [1.29, 1.82) is 0 Å². The van der Waals surface area contributed by atoms with Gasteiger partial charge in [0.25, 0.3) is 0 Å². The number of benzene rings is 2. The molecule has 5 nitrogen and oxygen atoms in total. The van der Waals surface area contributed by atoms with E-state index in [1.54, 1.807) is 18.2 Å². The molecule has 2 rings (SSSR count). The number of phenolic OH excluding ortho intramolecular Hbond substituents is 1. The van der Waals surface area contributed by atoms with E-state index in [1.165, 1.54) is 11.4 Å². The van der Waals surface area contributed by atoms with Crippen molar-refractivity contribution < 1.29 is 13.9 Å². The van der Waals surface area contributed by atoms with Gasteiger partial charge in [-0.15, -0.1) is 0 Å². The van der Waals surface area contributed by atoms with E-state index < -0.39 is 11.3 Å². The second-order valence-corrected chi connectivity index (χ2v) is 5.54. The Balaban J connectivity index is 0.000000219. The number of anilines is 2. The molecule has 0 saturated heterocycles. The van der Waals surface area contributed by atoms with E-state index in [9.17, 15) is 8.76 Å². The first kappa shape index (κ1) is 17.0. The average molecular weight is 307 g/mol. The second-order valence-electron chi connectivity index (χ2n) is 4.56. The molecule has 0 radical (unpaired) electrons. The summed E-state index contributed by atoms with van der Waals surface area (Å²) in [6.07, 6.45) is 0. The van der Waals surface area contributed by atoms with Crippen molar-refractivity contribution in [2.75, 3.05) is 17.1 Å². The van der Waals surface area contributed by atoms with Gasteiger partial charge in [-0.2, -0.15) is 0 Å². The fourth-order valence-corrected chi connectivity index (χ4v) is 1.82. The zero-order valence-corrected chi connectivity index (χ0v) is 13.1. The van der Waals surface area contributed by atoms with Crippen molar-refractivity contribution in [3.05, 3.63) is 53.6 Å². The summed E-state index contributed by atoms with van der Waals surface area (Å²) in [5.41, 5.74) is 8.41. The van der Waals surface area contributed by atoms with Crippen LogP contribution >= 0.6 is 0 Å². The predicted molar refractivity (Wildman–Crippen MR) is 85.8 cm³/mol. The first-order valence-corrected chi connectivity index (χ1v) is 7.30. The van der Waals surface area contributed by atoms with E-state index in [0.717, 1.165) is 11.1 Å². The molecule has 2 aromatic carbocycles. The summed E-state index contributed by atoms with van der Waals surface area (Å²) in [6.45, 7) is 3.77. The summed E-state index contributed by atoms with van der Waals surface area (Å²) < 4.78 is 22.2. The molecular formula is C15H19N2O3S-. The molecule has 1 atom stereocenters. The van der Waals surface area contributed by atoms with Crippen LogP contribution in [-0.2, 0) is 11.3 Å². The minimum absolute atomic E-state index is 0.192. The summed E-state index contributed by atoms with van der Waals surface area (Å²) in [5, 5.41) is 9.08. The molecule has 2 aromatic rings. The number of rotatable bonds is 2. The molecule has 0 fully saturated rings. The third-order valence-electron chi connectivity index (χ3n) is 2.89. The number of nitrogen functional groups attached to an aromatic ring is 1. The summed E-state index contributed by atoms with van der Waals surface area (Å²) in [4.78, 5) is 0. The molecule has 0 amide bonds. The zero-order chi connectivity index (χ0) is 16.0. The average Bonchev–Trinajstić information content (AvgIpc) is 2.45. The topological polar surface area (TPSA) is 89.6 Å². The zero-order valence-electron chi connectivity index (χ0n) is 12.2. The molecule has 0 aliphatic heterocycles. The highest BCUT2D eigenvalue weighted by Crippen LogP contribution is 2.22. The number of hydrogen-bond donors (Lipinski definition) is 2. The molecule has 114 valence electrons. The lowest BCUT2D eigenvalue weighted by Crippen LogP contribution is -2.19. The van der Waals surface area contributed by atoms with E-state index in [4.69, 9.17) is 10.8 Å². The number of para-hydroxylation sites is 1. The quantitative estimate of drug-likeness (QED) is 0.507. The number of hydrogen-bond acceptors (Lipinski definition) is 4. The molecule has 3 N–H and O–H groups in total. The smallest absolute Gasteiger partial charge is 0.141 e. The normalized spacial score (nSPS) is 11.2. The Hall–Kier alpha value is -2.05. The molecule has 0 saturated carbocycles. The van der Waals surface area contributed by atoms with Crippen LogP contribution in [0, 0.1) is 13.8 Å². The summed E-state index contributed by atoms with van der Waals surface area (Å²) in [7, 11) is 1.51. The fraction of sp³-hybridized carbons (Fsp3) is 0.200. The van der Waals surface area contributed by atoms with E-state index >= 15 is 0 Å². The van der Waals surface area contributed by atoms with Gasteiger partial charge in [-0.1, -0.05) is 29.8 Å². The van der Waals surface area contributed by atoms with Crippen LogP contribution < -0.4 is 10.0 Å². The van der Waals surface area contributed by atoms with Gasteiger partial charge in [0, 0.05) is 24.0 Å². The highest BCUT2D eigenvalue weighted by atomic mass is 32.2. The minimum atomic E-state index is -2.18. The maximum absolute atomic E-state index is 10.5. The number of phenols is 1. The van der Waals surface area contributed by atoms with Gasteiger partial charge in [-0.05, 0) is 37.6 Å². The van der Waals surface area contributed by atoms with Crippen LogP contribution in [0.15, 0.2) is 42.5 Å². The lowest BCUT2D eigenvalue weighted by atomic mass is 10.2. The van der Waals surface area contributed by atoms with Crippen molar-refractivity contribution >= 4 is 22.6 Å². The molecule has 0 bridgehead atoms. The van der Waals surface area contributed by atoms with Crippen molar-refractivity contribution in [1.82, 2.24) is 0 Å². The van der Waals surface area contributed by atoms with E-state index in [-0.39, 0.29) is 5.75 Å². The Morgan fingerprint density at radius 1 is 1.14 bits per heavy atom. The number of aryl methyl sites for hydroxylation is 2. The van der Waals surface area contributed by atoms with E-state index in [0.29, 0.717) is 11.4 Å². The maximum Gasteiger partial charge on any atom is 0.141 e.